The van der Waals surface area contributed by atoms with Gasteiger partial charge in [0.25, 0.3) is 0 Å². The molecule has 0 aromatic heterocycles. The van der Waals surface area contributed by atoms with Gasteiger partial charge >= 0.3 is 0 Å². The summed E-state index contributed by atoms with van der Waals surface area (Å²) in [6.45, 7) is 4.24. The van der Waals surface area contributed by atoms with Crippen LogP contribution in [0.3, 0.4) is 0 Å². The molecule has 68 heavy (non-hydrogen) atoms. The quantitative estimate of drug-likeness (QED) is 0.0361. The summed E-state index contributed by atoms with van der Waals surface area (Å²) in [5.41, 5.74) is 0. The summed E-state index contributed by atoms with van der Waals surface area (Å²) in [4.78, 5) is 12.5. The van der Waals surface area contributed by atoms with E-state index >= 15 is 0 Å². The molecule has 402 valence electrons. The van der Waals surface area contributed by atoms with Gasteiger partial charge in [0.1, 0.15) is 0 Å². The van der Waals surface area contributed by atoms with E-state index in [1.807, 2.05) is 6.08 Å². The number of nitrogens with one attached hydrogen (secondary N) is 1. The third-order valence-electron chi connectivity index (χ3n) is 14.4. The minimum atomic E-state index is -0.960. The minimum absolute atomic E-state index is 0.00586. The van der Waals surface area contributed by atoms with E-state index in [1.165, 1.54) is 270 Å². The van der Waals surface area contributed by atoms with Gasteiger partial charge in [-0.25, -0.2) is 0 Å². The summed E-state index contributed by atoms with van der Waals surface area (Å²) >= 11 is 0. The fourth-order valence-electron chi connectivity index (χ4n) is 9.73. The normalized spacial score (nSPS) is 13.4. The molecule has 0 rings (SSSR count). The molecule has 4 N–H and O–H groups in total. The van der Waals surface area contributed by atoms with Crippen molar-refractivity contribution in [3.63, 3.8) is 0 Å². The summed E-state index contributed by atoms with van der Waals surface area (Å²) in [5, 5.41) is 33.5. The van der Waals surface area contributed by atoms with Gasteiger partial charge in [0.15, 0.2) is 0 Å². The van der Waals surface area contributed by atoms with Crippen LogP contribution in [0.15, 0.2) is 36.5 Å². The molecule has 5 heteroatoms. The molecule has 0 fully saturated rings. The van der Waals surface area contributed by atoms with Gasteiger partial charge in [0, 0.05) is 0 Å². The molecule has 0 radical (unpaired) electrons. The summed E-state index contributed by atoms with van der Waals surface area (Å²) in [7, 11) is 0. The molecular formula is C63H121NO4. The first-order valence-corrected chi connectivity index (χ1v) is 30.8. The lowest BCUT2D eigenvalue weighted by Crippen LogP contribution is -2.45. The number of aliphatic hydroxyl groups is 3. The fraction of sp³-hybridized carbons (Fsp3) is 0.889. The second-order valence-electron chi connectivity index (χ2n) is 21.3. The van der Waals surface area contributed by atoms with E-state index in [0.29, 0.717) is 6.42 Å². The van der Waals surface area contributed by atoms with Crippen LogP contribution in [0.2, 0.25) is 0 Å². The van der Waals surface area contributed by atoms with Gasteiger partial charge in [-0.05, 0) is 44.9 Å². The van der Waals surface area contributed by atoms with E-state index in [4.69, 9.17) is 0 Å². The summed E-state index contributed by atoms with van der Waals surface area (Å²) in [6.07, 6.45) is 76.5. The molecule has 0 aliphatic rings. The van der Waals surface area contributed by atoms with Gasteiger partial charge in [-0.15, -0.1) is 0 Å². The lowest BCUT2D eigenvalue weighted by atomic mass is 10.0. The molecule has 0 aliphatic heterocycles. The monoisotopic (exact) mass is 956 g/mol. The molecule has 0 aromatic carbocycles. The topological polar surface area (TPSA) is 89.8 Å². The van der Waals surface area contributed by atoms with Crippen molar-refractivity contribution in [1.29, 1.82) is 0 Å². The summed E-state index contributed by atoms with van der Waals surface area (Å²) in [6, 6.07) is -0.767. The Morgan fingerprint density at radius 1 is 0.368 bits per heavy atom. The van der Waals surface area contributed by atoms with Crippen LogP contribution in [0.5, 0.6) is 0 Å². The van der Waals surface area contributed by atoms with Crippen LogP contribution in [0.25, 0.3) is 0 Å². The molecule has 0 aliphatic carbocycles. The number of rotatable bonds is 57. The van der Waals surface area contributed by atoms with Crippen LogP contribution >= 0.6 is 0 Å². The van der Waals surface area contributed by atoms with E-state index in [-0.39, 0.29) is 18.9 Å². The molecule has 3 atom stereocenters. The Kier molecular flexibility index (Phi) is 56.9. The second-order valence-corrected chi connectivity index (χ2v) is 21.3. The Balaban J connectivity index is 3.55. The van der Waals surface area contributed by atoms with E-state index in [2.05, 4.69) is 43.5 Å². The van der Waals surface area contributed by atoms with Crippen LogP contribution in [0.4, 0.5) is 0 Å². The van der Waals surface area contributed by atoms with Crippen molar-refractivity contribution in [1.82, 2.24) is 5.32 Å². The lowest BCUT2D eigenvalue weighted by molar-refractivity contribution is -0.124. The first-order chi connectivity index (χ1) is 33.5. The van der Waals surface area contributed by atoms with Gasteiger partial charge in [-0.3, -0.25) is 4.79 Å². The Hall–Kier alpha value is -1.43. The van der Waals surface area contributed by atoms with Crippen molar-refractivity contribution in [2.24, 2.45) is 0 Å². The third kappa shape index (κ3) is 53.9. The third-order valence-corrected chi connectivity index (χ3v) is 14.4. The molecular weight excluding hydrogens is 835 g/mol. The predicted octanol–water partition coefficient (Wildman–Crippen LogP) is 19.4. The molecule has 0 bridgehead atoms. The van der Waals surface area contributed by atoms with E-state index in [0.717, 1.165) is 38.5 Å². The first-order valence-electron chi connectivity index (χ1n) is 30.8. The SMILES string of the molecule is CCCCCCCCCCCCCC/C=C/CC/C=C/CC/C=C/C(O)C(CO)NC(=O)CC(O)CCCCCCCCCCCCCCCCCCCCCCCCCCCCCCCCC. The fourth-order valence-corrected chi connectivity index (χ4v) is 9.73. The average molecular weight is 957 g/mol. The van der Waals surface area contributed by atoms with Gasteiger partial charge in [-0.2, -0.15) is 0 Å². The highest BCUT2D eigenvalue weighted by Crippen LogP contribution is 2.18. The summed E-state index contributed by atoms with van der Waals surface area (Å²) in [5.74, 6) is -0.323. The molecule has 0 spiro atoms. The molecule has 0 aromatic rings. The summed E-state index contributed by atoms with van der Waals surface area (Å²) < 4.78 is 0. The van der Waals surface area contributed by atoms with Crippen LogP contribution in [-0.4, -0.2) is 46.1 Å². The van der Waals surface area contributed by atoms with Gasteiger partial charge < -0.3 is 20.6 Å². The van der Waals surface area contributed by atoms with Crippen molar-refractivity contribution < 1.29 is 20.1 Å². The highest BCUT2D eigenvalue weighted by molar-refractivity contribution is 5.76. The van der Waals surface area contributed by atoms with Crippen LogP contribution in [-0.2, 0) is 4.79 Å². The van der Waals surface area contributed by atoms with E-state index in [1.54, 1.807) is 6.08 Å². The molecule has 3 unspecified atom stereocenters. The van der Waals surface area contributed by atoms with E-state index in [9.17, 15) is 20.1 Å². The minimum Gasteiger partial charge on any atom is -0.394 e. The van der Waals surface area contributed by atoms with Crippen molar-refractivity contribution in [2.45, 2.75) is 353 Å². The molecule has 0 saturated heterocycles. The lowest BCUT2D eigenvalue weighted by Gasteiger charge is -2.21. The Morgan fingerprint density at radius 3 is 0.941 bits per heavy atom. The molecule has 0 heterocycles. The van der Waals surface area contributed by atoms with Crippen molar-refractivity contribution in [2.75, 3.05) is 6.61 Å². The zero-order valence-corrected chi connectivity index (χ0v) is 46.0. The van der Waals surface area contributed by atoms with Gasteiger partial charge in [0.2, 0.25) is 5.91 Å². The highest BCUT2D eigenvalue weighted by atomic mass is 16.3. The maximum atomic E-state index is 12.5. The maximum Gasteiger partial charge on any atom is 0.222 e. The van der Waals surface area contributed by atoms with Crippen LogP contribution < -0.4 is 5.32 Å². The number of hydrogen-bond donors (Lipinski definition) is 4. The largest absolute Gasteiger partial charge is 0.394 e. The Labute approximate surface area is 425 Å². The highest BCUT2D eigenvalue weighted by Gasteiger charge is 2.20. The predicted molar refractivity (Wildman–Crippen MR) is 301 cm³/mol. The number of unbranched alkanes of at least 4 members (excludes halogenated alkanes) is 44. The zero-order valence-electron chi connectivity index (χ0n) is 46.0. The average Bonchev–Trinajstić information content (AvgIpc) is 3.33. The van der Waals surface area contributed by atoms with Crippen molar-refractivity contribution >= 4 is 5.91 Å². The van der Waals surface area contributed by atoms with Crippen molar-refractivity contribution in [3.8, 4) is 0 Å². The first kappa shape index (κ1) is 66.6. The standard InChI is InChI=1S/C63H121NO4/c1-3-5-7-9-11-13-15-17-19-21-23-25-27-28-29-30-31-32-33-34-35-36-38-40-42-44-46-48-50-52-54-56-60(66)58-63(68)64-61(59-65)62(67)57-55-53-51-49-47-45-43-41-39-37-26-24-22-20-18-16-14-12-10-8-6-4-2/h39,41,47,49,55,57,60-62,65-67H,3-38,40,42-46,48,50-54,56,58-59H2,1-2H3,(H,64,68)/b41-39+,49-47+,57-55+. The number of carbonyl (C=O) groups is 1. The molecule has 1 amide bonds. The Morgan fingerprint density at radius 2 is 0.632 bits per heavy atom. The van der Waals surface area contributed by atoms with Gasteiger partial charge in [-0.1, -0.05) is 320 Å². The number of carbonyl (C=O) groups excluding carboxylic acids is 1. The smallest absolute Gasteiger partial charge is 0.222 e. The number of allylic oxidation sites excluding steroid dienone is 5. The van der Waals surface area contributed by atoms with Crippen molar-refractivity contribution in [3.05, 3.63) is 36.5 Å². The number of amides is 1. The second kappa shape index (κ2) is 58.1. The number of aliphatic hydroxyl groups excluding tert-OH is 3. The van der Waals surface area contributed by atoms with E-state index < -0.39 is 18.2 Å². The van der Waals surface area contributed by atoms with Gasteiger partial charge in [0.05, 0.1) is 31.3 Å². The number of hydrogen-bond acceptors (Lipinski definition) is 4. The Bertz CT molecular complexity index is 1060. The van der Waals surface area contributed by atoms with Crippen LogP contribution in [0.1, 0.15) is 335 Å². The molecule has 5 nitrogen and oxygen atoms in total. The maximum absolute atomic E-state index is 12.5. The molecule has 0 saturated carbocycles. The van der Waals surface area contributed by atoms with Crippen LogP contribution in [0, 0.1) is 0 Å². The zero-order chi connectivity index (χ0) is 49.3.